The Morgan fingerprint density at radius 3 is 2.38 bits per heavy atom. The van der Waals surface area contributed by atoms with Crippen molar-refractivity contribution in [3.63, 3.8) is 0 Å². The van der Waals surface area contributed by atoms with Gasteiger partial charge in [0.1, 0.15) is 0 Å². The fourth-order valence-electron chi connectivity index (χ4n) is 2.20. The first-order valence-corrected chi connectivity index (χ1v) is 7.36. The van der Waals surface area contributed by atoms with E-state index < -0.39 is 23.5 Å². The highest BCUT2D eigenvalue weighted by Crippen LogP contribution is 2.14. The van der Waals surface area contributed by atoms with Crippen molar-refractivity contribution in [2.45, 2.75) is 13.0 Å². The van der Waals surface area contributed by atoms with E-state index in [4.69, 9.17) is 0 Å². The van der Waals surface area contributed by atoms with Gasteiger partial charge in [-0.25, -0.2) is 8.78 Å². The topological polar surface area (TPSA) is 46.6 Å². The molecule has 0 aromatic heterocycles. The van der Waals surface area contributed by atoms with E-state index >= 15 is 0 Å². The van der Waals surface area contributed by atoms with Gasteiger partial charge in [0.05, 0.1) is 13.5 Å². The summed E-state index contributed by atoms with van der Waals surface area (Å²) in [6.45, 7) is 0.356. The molecule has 0 N–H and O–H groups in total. The molecule has 2 rings (SSSR count). The van der Waals surface area contributed by atoms with Gasteiger partial charge < -0.3 is 9.64 Å². The van der Waals surface area contributed by atoms with E-state index in [1.807, 2.05) is 30.3 Å². The van der Waals surface area contributed by atoms with Crippen LogP contribution in [0.5, 0.6) is 0 Å². The second-order valence-corrected chi connectivity index (χ2v) is 5.17. The van der Waals surface area contributed by atoms with Crippen molar-refractivity contribution in [1.82, 2.24) is 4.90 Å². The summed E-state index contributed by atoms with van der Waals surface area (Å²) in [7, 11) is 1.26. The molecule has 0 aliphatic carbocycles. The van der Waals surface area contributed by atoms with Gasteiger partial charge in [0, 0.05) is 18.7 Å². The fraction of sp³-hybridized carbons (Fsp3) is 0.222. The highest BCUT2D eigenvalue weighted by Gasteiger charge is 2.19. The molecular formula is C18H17F2NO3. The van der Waals surface area contributed by atoms with Crippen LogP contribution in [0.4, 0.5) is 8.78 Å². The maximum absolute atomic E-state index is 13.4. The molecule has 0 atom stereocenters. The normalized spacial score (nSPS) is 10.3. The molecule has 0 radical (unpaired) electrons. The number of hydrogen-bond acceptors (Lipinski definition) is 3. The standard InChI is InChI=1S/C18H17F2NO3/c1-24-17(22)9-10-21(12-13-5-3-2-4-6-13)18(23)14-7-8-15(19)16(20)11-14/h2-8,11H,9-10,12H2,1H3. The molecule has 0 spiro atoms. The predicted molar refractivity (Wildman–Crippen MR) is 84.2 cm³/mol. The van der Waals surface area contributed by atoms with Crippen LogP contribution in [0, 0.1) is 11.6 Å². The summed E-state index contributed by atoms with van der Waals surface area (Å²) in [5.41, 5.74) is 0.882. The maximum Gasteiger partial charge on any atom is 0.307 e. The molecule has 0 aliphatic rings. The molecule has 126 valence electrons. The minimum Gasteiger partial charge on any atom is -0.469 e. The van der Waals surface area contributed by atoms with Crippen LogP contribution >= 0.6 is 0 Å². The summed E-state index contributed by atoms with van der Waals surface area (Å²) in [5, 5.41) is 0. The van der Waals surface area contributed by atoms with Crippen molar-refractivity contribution in [1.29, 1.82) is 0 Å². The number of carbonyl (C=O) groups is 2. The third kappa shape index (κ3) is 4.62. The Labute approximate surface area is 138 Å². The summed E-state index contributed by atoms with van der Waals surface area (Å²) in [5.74, 6) is -3.04. The van der Waals surface area contributed by atoms with Gasteiger partial charge in [0.25, 0.3) is 5.91 Å². The molecule has 0 bridgehead atoms. The number of halogens is 2. The van der Waals surface area contributed by atoms with Crippen LogP contribution in [0.2, 0.25) is 0 Å². The minimum atomic E-state index is -1.09. The Hall–Kier alpha value is -2.76. The number of benzene rings is 2. The molecule has 2 aromatic carbocycles. The fourth-order valence-corrected chi connectivity index (χ4v) is 2.20. The zero-order valence-electron chi connectivity index (χ0n) is 13.2. The van der Waals surface area contributed by atoms with Crippen LogP contribution in [0.25, 0.3) is 0 Å². The van der Waals surface area contributed by atoms with E-state index in [2.05, 4.69) is 4.74 Å². The Morgan fingerprint density at radius 1 is 1.04 bits per heavy atom. The molecule has 1 amide bonds. The van der Waals surface area contributed by atoms with Crippen LogP contribution < -0.4 is 0 Å². The first-order chi connectivity index (χ1) is 11.5. The third-order valence-corrected chi connectivity index (χ3v) is 3.48. The lowest BCUT2D eigenvalue weighted by molar-refractivity contribution is -0.140. The van der Waals surface area contributed by atoms with Crippen molar-refractivity contribution in [3.8, 4) is 0 Å². The number of hydrogen-bond donors (Lipinski definition) is 0. The van der Waals surface area contributed by atoms with Crippen molar-refractivity contribution in [2.24, 2.45) is 0 Å². The summed E-state index contributed by atoms with van der Waals surface area (Å²) in [4.78, 5) is 25.4. The van der Waals surface area contributed by atoms with Gasteiger partial charge >= 0.3 is 5.97 Å². The second-order valence-electron chi connectivity index (χ2n) is 5.17. The van der Waals surface area contributed by atoms with Gasteiger partial charge in [-0.3, -0.25) is 9.59 Å². The Morgan fingerprint density at radius 2 is 1.75 bits per heavy atom. The van der Waals surface area contributed by atoms with E-state index in [9.17, 15) is 18.4 Å². The molecular weight excluding hydrogens is 316 g/mol. The molecule has 2 aromatic rings. The number of esters is 1. The monoisotopic (exact) mass is 333 g/mol. The lowest BCUT2D eigenvalue weighted by Gasteiger charge is -2.22. The Balaban J connectivity index is 2.20. The van der Waals surface area contributed by atoms with Gasteiger partial charge in [-0.05, 0) is 23.8 Å². The van der Waals surface area contributed by atoms with Crippen LogP contribution in [-0.4, -0.2) is 30.4 Å². The minimum absolute atomic E-state index is 0.0126. The van der Waals surface area contributed by atoms with E-state index in [-0.39, 0.29) is 25.1 Å². The Bertz CT molecular complexity index is 719. The van der Waals surface area contributed by atoms with Gasteiger partial charge in [-0.2, -0.15) is 0 Å². The lowest BCUT2D eigenvalue weighted by Crippen LogP contribution is -2.33. The number of rotatable bonds is 6. The molecule has 6 heteroatoms. The summed E-state index contributed by atoms with van der Waals surface area (Å²) >= 11 is 0. The highest BCUT2D eigenvalue weighted by atomic mass is 19.2. The van der Waals surface area contributed by atoms with E-state index in [0.29, 0.717) is 0 Å². The van der Waals surface area contributed by atoms with Crippen molar-refractivity contribution in [3.05, 3.63) is 71.3 Å². The van der Waals surface area contributed by atoms with Gasteiger partial charge in [0.2, 0.25) is 0 Å². The van der Waals surface area contributed by atoms with Crippen LogP contribution in [0.3, 0.4) is 0 Å². The average molecular weight is 333 g/mol. The van der Waals surface area contributed by atoms with E-state index in [0.717, 1.165) is 17.7 Å². The first-order valence-electron chi connectivity index (χ1n) is 7.36. The van der Waals surface area contributed by atoms with E-state index in [1.165, 1.54) is 18.1 Å². The van der Waals surface area contributed by atoms with Gasteiger partial charge in [-0.1, -0.05) is 30.3 Å². The first kappa shape index (κ1) is 17.6. The average Bonchev–Trinajstić information content (AvgIpc) is 2.60. The third-order valence-electron chi connectivity index (χ3n) is 3.48. The molecule has 0 saturated heterocycles. The van der Waals surface area contributed by atoms with Crippen LogP contribution in [-0.2, 0) is 16.1 Å². The number of ether oxygens (including phenoxy) is 1. The molecule has 0 aliphatic heterocycles. The lowest BCUT2D eigenvalue weighted by atomic mass is 10.1. The van der Waals surface area contributed by atoms with Crippen LogP contribution in [0.1, 0.15) is 22.3 Å². The SMILES string of the molecule is COC(=O)CCN(Cc1ccccc1)C(=O)c1ccc(F)c(F)c1. The molecule has 0 fully saturated rings. The Kier molecular flexibility index (Phi) is 6.01. The number of amides is 1. The van der Waals surface area contributed by atoms with Gasteiger partial charge in [0.15, 0.2) is 11.6 Å². The molecule has 4 nitrogen and oxygen atoms in total. The van der Waals surface area contributed by atoms with Crippen molar-refractivity contribution < 1.29 is 23.1 Å². The highest BCUT2D eigenvalue weighted by molar-refractivity contribution is 5.94. The molecule has 0 heterocycles. The molecule has 0 unspecified atom stereocenters. The molecule has 24 heavy (non-hydrogen) atoms. The maximum atomic E-state index is 13.4. The van der Waals surface area contributed by atoms with Crippen molar-refractivity contribution in [2.75, 3.05) is 13.7 Å². The number of nitrogens with zero attached hydrogens (tertiary/aromatic N) is 1. The molecule has 0 saturated carbocycles. The predicted octanol–water partition coefficient (Wildman–Crippen LogP) is 3.17. The van der Waals surface area contributed by atoms with Gasteiger partial charge in [-0.15, -0.1) is 0 Å². The second kappa shape index (κ2) is 8.19. The largest absolute Gasteiger partial charge is 0.469 e. The smallest absolute Gasteiger partial charge is 0.307 e. The summed E-state index contributed by atoms with van der Waals surface area (Å²) < 4.78 is 31.0. The quantitative estimate of drug-likeness (QED) is 0.763. The summed E-state index contributed by atoms with van der Waals surface area (Å²) in [6, 6.07) is 12.2. The summed E-state index contributed by atoms with van der Waals surface area (Å²) in [6.07, 6.45) is 0.0126. The van der Waals surface area contributed by atoms with Crippen molar-refractivity contribution >= 4 is 11.9 Å². The number of methoxy groups -OCH3 is 1. The van der Waals surface area contributed by atoms with E-state index in [1.54, 1.807) is 0 Å². The zero-order chi connectivity index (χ0) is 17.5. The number of carbonyl (C=O) groups excluding carboxylic acids is 2. The zero-order valence-corrected chi connectivity index (χ0v) is 13.2. The van der Waals surface area contributed by atoms with Crippen LogP contribution in [0.15, 0.2) is 48.5 Å².